The Balaban J connectivity index is 2.33. The maximum absolute atomic E-state index is 11.5. The number of carbonyl (C=O) groups is 1. The van der Waals surface area contributed by atoms with Gasteiger partial charge in [-0.05, 0) is 34.5 Å². The molecule has 2 heteroatoms. The molecular formula is C16H16O2. The van der Waals surface area contributed by atoms with Gasteiger partial charge in [0.15, 0.2) is 0 Å². The van der Waals surface area contributed by atoms with Crippen molar-refractivity contribution < 1.29 is 9.53 Å². The predicted octanol–water partition coefficient (Wildman–Crippen LogP) is 4.04. The summed E-state index contributed by atoms with van der Waals surface area (Å²) in [5.41, 5.74) is 1.08. The van der Waals surface area contributed by atoms with Gasteiger partial charge >= 0.3 is 5.97 Å². The van der Waals surface area contributed by atoms with Crippen LogP contribution in [0.25, 0.3) is 16.8 Å². The van der Waals surface area contributed by atoms with E-state index in [4.69, 9.17) is 4.74 Å². The zero-order chi connectivity index (χ0) is 13.1. The molecule has 2 aromatic carbocycles. The first-order valence-corrected chi connectivity index (χ1v) is 5.98. The zero-order valence-electron chi connectivity index (χ0n) is 10.6. The van der Waals surface area contributed by atoms with Gasteiger partial charge in [-0.25, -0.2) is 0 Å². The van der Waals surface area contributed by atoms with Crippen LogP contribution >= 0.6 is 0 Å². The van der Waals surface area contributed by atoms with Gasteiger partial charge in [0.25, 0.3) is 0 Å². The standard InChI is InChI=1S/C16H16O2/c1-4-12-5-6-14-10-15(8-7-13(14)9-12)18-16(17)11(2)3/h4-11H,1H2,2-3H3. The monoisotopic (exact) mass is 240 g/mol. The minimum Gasteiger partial charge on any atom is -0.426 e. The molecule has 0 heterocycles. The van der Waals surface area contributed by atoms with Crippen molar-refractivity contribution in [2.45, 2.75) is 13.8 Å². The summed E-state index contributed by atoms with van der Waals surface area (Å²) in [7, 11) is 0. The Morgan fingerprint density at radius 2 is 1.83 bits per heavy atom. The lowest BCUT2D eigenvalue weighted by Crippen LogP contribution is -2.14. The van der Waals surface area contributed by atoms with Gasteiger partial charge in [0.1, 0.15) is 5.75 Å². The number of esters is 1. The summed E-state index contributed by atoms with van der Waals surface area (Å²) >= 11 is 0. The highest BCUT2D eigenvalue weighted by molar-refractivity contribution is 5.86. The molecule has 0 saturated heterocycles. The van der Waals surface area contributed by atoms with Gasteiger partial charge in [-0.3, -0.25) is 4.79 Å². The fourth-order valence-corrected chi connectivity index (χ4v) is 1.67. The Hall–Kier alpha value is -2.09. The van der Waals surface area contributed by atoms with Crippen molar-refractivity contribution in [2.75, 3.05) is 0 Å². The Morgan fingerprint density at radius 3 is 2.50 bits per heavy atom. The lowest BCUT2D eigenvalue weighted by Gasteiger charge is -2.08. The SMILES string of the molecule is C=Cc1ccc2cc(OC(=O)C(C)C)ccc2c1. The van der Waals surface area contributed by atoms with Crippen LogP contribution < -0.4 is 4.74 Å². The van der Waals surface area contributed by atoms with Crippen molar-refractivity contribution >= 4 is 22.8 Å². The molecule has 0 amide bonds. The third-order valence-electron chi connectivity index (χ3n) is 2.76. The fourth-order valence-electron chi connectivity index (χ4n) is 1.67. The van der Waals surface area contributed by atoms with E-state index in [1.54, 1.807) is 0 Å². The van der Waals surface area contributed by atoms with Crippen LogP contribution in [-0.2, 0) is 4.79 Å². The summed E-state index contributed by atoms with van der Waals surface area (Å²) in [6.45, 7) is 7.38. The number of rotatable bonds is 3. The largest absolute Gasteiger partial charge is 0.426 e. The number of fused-ring (bicyclic) bond motifs is 1. The average molecular weight is 240 g/mol. The first-order chi connectivity index (χ1) is 8.60. The molecule has 0 unspecified atom stereocenters. The number of carbonyl (C=O) groups excluding carboxylic acids is 1. The Kier molecular flexibility index (Phi) is 3.47. The third-order valence-corrected chi connectivity index (χ3v) is 2.76. The molecule has 0 saturated carbocycles. The minimum atomic E-state index is -0.211. The van der Waals surface area contributed by atoms with E-state index in [9.17, 15) is 4.79 Å². The molecule has 0 aliphatic rings. The van der Waals surface area contributed by atoms with Crippen LogP contribution in [0, 0.1) is 5.92 Å². The normalized spacial score (nSPS) is 10.6. The molecule has 0 aromatic heterocycles. The quantitative estimate of drug-likeness (QED) is 0.597. The molecule has 0 aliphatic carbocycles. The molecular weight excluding hydrogens is 224 g/mol. The summed E-state index contributed by atoms with van der Waals surface area (Å²) in [5.74, 6) is 0.258. The highest BCUT2D eigenvalue weighted by atomic mass is 16.5. The Morgan fingerprint density at radius 1 is 1.17 bits per heavy atom. The van der Waals surface area contributed by atoms with E-state index in [-0.39, 0.29) is 11.9 Å². The first-order valence-electron chi connectivity index (χ1n) is 5.98. The fraction of sp³-hybridized carbons (Fsp3) is 0.188. The topological polar surface area (TPSA) is 26.3 Å². The van der Waals surface area contributed by atoms with Crippen molar-refractivity contribution in [1.82, 2.24) is 0 Å². The van der Waals surface area contributed by atoms with Gasteiger partial charge in [-0.15, -0.1) is 0 Å². The molecule has 0 bridgehead atoms. The summed E-state index contributed by atoms with van der Waals surface area (Å²) < 4.78 is 5.28. The van der Waals surface area contributed by atoms with Crippen molar-refractivity contribution in [3.05, 3.63) is 48.5 Å². The van der Waals surface area contributed by atoms with Gasteiger partial charge in [0.2, 0.25) is 0 Å². The maximum atomic E-state index is 11.5. The van der Waals surface area contributed by atoms with Gasteiger partial charge in [-0.2, -0.15) is 0 Å². The number of hydrogen-bond donors (Lipinski definition) is 0. The summed E-state index contributed by atoms with van der Waals surface area (Å²) in [5, 5.41) is 2.16. The maximum Gasteiger partial charge on any atom is 0.313 e. The van der Waals surface area contributed by atoms with E-state index in [1.807, 2.05) is 50.3 Å². The summed E-state index contributed by atoms with van der Waals surface area (Å²) in [6, 6.07) is 11.7. The smallest absolute Gasteiger partial charge is 0.313 e. The second kappa shape index (κ2) is 5.05. The Labute approximate surface area is 107 Å². The Bertz CT molecular complexity index is 597. The van der Waals surface area contributed by atoms with Crippen molar-refractivity contribution in [1.29, 1.82) is 0 Å². The lowest BCUT2D eigenvalue weighted by atomic mass is 10.1. The predicted molar refractivity (Wildman–Crippen MR) is 74.5 cm³/mol. The molecule has 0 atom stereocenters. The van der Waals surface area contributed by atoms with E-state index < -0.39 is 0 Å². The lowest BCUT2D eigenvalue weighted by molar-refractivity contribution is -0.137. The second-order valence-electron chi connectivity index (χ2n) is 4.55. The molecule has 2 rings (SSSR count). The number of hydrogen-bond acceptors (Lipinski definition) is 2. The summed E-state index contributed by atoms with van der Waals surface area (Å²) in [4.78, 5) is 11.5. The van der Waals surface area contributed by atoms with Crippen LogP contribution in [0.5, 0.6) is 5.75 Å². The van der Waals surface area contributed by atoms with Crippen LogP contribution in [0.15, 0.2) is 43.0 Å². The molecule has 92 valence electrons. The van der Waals surface area contributed by atoms with Gasteiger partial charge in [0, 0.05) is 0 Å². The van der Waals surface area contributed by atoms with Crippen LogP contribution in [0.1, 0.15) is 19.4 Å². The van der Waals surface area contributed by atoms with Crippen molar-refractivity contribution in [2.24, 2.45) is 5.92 Å². The van der Waals surface area contributed by atoms with E-state index in [1.165, 1.54) is 0 Å². The minimum absolute atomic E-state index is 0.121. The average Bonchev–Trinajstić information content (AvgIpc) is 2.37. The van der Waals surface area contributed by atoms with Crippen LogP contribution in [0.3, 0.4) is 0 Å². The zero-order valence-corrected chi connectivity index (χ0v) is 10.6. The van der Waals surface area contributed by atoms with Gasteiger partial charge in [0.05, 0.1) is 5.92 Å². The highest BCUT2D eigenvalue weighted by Gasteiger charge is 2.09. The van der Waals surface area contributed by atoms with E-state index >= 15 is 0 Å². The van der Waals surface area contributed by atoms with Crippen LogP contribution in [0.2, 0.25) is 0 Å². The highest BCUT2D eigenvalue weighted by Crippen LogP contribution is 2.23. The second-order valence-corrected chi connectivity index (χ2v) is 4.55. The molecule has 18 heavy (non-hydrogen) atoms. The van der Waals surface area contributed by atoms with Crippen LogP contribution in [0.4, 0.5) is 0 Å². The first kappa shape index (κ1) is 12.4. The van der Waals surface area contributed by atoms with E-state index in [2.05, 4.69) is 12.6 Å². The van der Waals surface area contributed by atoms with Crippen molar-refractivity contribution in [3.8, 4) is 5.75 Å². The molecule has 0 N–H and O–H groups in total. The molecule has 2 aromatic rings. The summed E-state index contributed by atoms with van der Waals surface area (Å²) in [6.07, 6.45) is 1.81. The number of ether oxygens (including phenoxy) is 1. The molecule has 0 spiro atoms. The number of benzene rings is 2. The van der Waals surface area contributed by atoms with E-state index in [0.717, 1.165) is 16.3 Å². The van der Waals surface area contributed by atoms with Crippen molar-refractivity contribution in [3.63, 3.8) is 0 Å². The van der Waals surface area contributed by atoms with Gasteiger partial charge < -0.3 is 4.74 Å². The van der Waals surface area contributed by atoms with Gasteiger partial charge in [-0.1, -0.05) is 44.7 Å². The third kappa shape index (κ3) is 2.59. The molecule has 0 fully saturated rings. The molecule has 2 nitrogen and oxygen atoms in total. The van der Waals surface area contributed by atoms with Crippen LogP contribution in [-0.4, -0.2) is 5.97 Å². The molecule has 0 radical (unpaired) electrons. The van der Waals surface area contributed by atoms with E-state index in [0.29, 0.717) is 5.75 Å². The molecule has 0 aliphatic heterocycles.